The van der Waals surface area contributed by atoms with E-state index in [1.54, 1.807) is 0 Å². The number of carbonyl (C=O) groups is 1. The predicted octanol–water partition coefficient (Wildman–Crippen LogP) is 5.23. The highest BCUT2D eigenvalue weighted by Crippen LogP contribution is 2.49. The minimum Gasteiger partial charge on any atom is -0.444 e. The Balaban J connectivity index is 2.27. The van der Waals surface area contributed by atoms with Crippen molar-refractivity contribution in [2.24, 2.45) is 11.1 Å². The number of alkyl halides is 2. The standard InChI is InChI=1S/C21H22Cl2N2O2/c1-10-5-6-12(11(2)16(10)19(22)23)17-13(9-24)20(25)27-15-8-21(3,4)7-14(26)18(15)17/h5-6,17,19H,7-8,25H2,1-4H3/t17-/m0/s1. The summed E-state index contributed by atoms with van der Waals surface area (Å²) in [7, 11) is 0. The van der Waals surface area contributed by atoms with E-state index in [1.807, 2.05) is 39.8 Å². The van der Waals surface area contributed by atoms with E-state index >= 15 is 0 Å². The van der Waals surface area contributed by atoms with Gasteiger partial charge in [-0.05, 0) is 41.5 Å². The zero-order valence-corrected chi connectivity index (χ0v) is 17.3. The Morgan fingerprint density at radius 3 is 2.56 bits per heavy atom. The van der Waals surface area contributed by atoms with Gasteiger partial charge in [0, 0.05) is 18.4 Å². The van der Waals surface area contributed by atoms with Crippen LogP contribution in [0.4, 0.5) is 0 Å². The average Bonchev–Trinajstić information content (AvgIpc) is 2.52. The number of hydrogen-bond donors (Lipinski definition) is 1. The lowest BCUT2D eigenvalue weighted by Crippen LogP contribution is -2.33. The monoisotopic (exact) mass is 404 g/mol. The summed E-state index contributed by atoms with van der Waals surface area (Å²) in [5.74, 6) is 0.0456. The molecule has 0 bridgehead atoms. The largest absolute Gasteiger partial charge is 0.444 e. The molecule has 0 saturated carbocycles. The molecule has 1 atom stereocenters. The van der Waals surface area contributed by atoms with Crippen LogP contribution in [0.5, 0.6) is 0 Å². The van der Waals surface area contributed by atoms with Gasteiger partial charge in [0.25, 0.3) is 0 Å². The number of allylic oxidation sites excluding steroid dienone is 3. The molecule has 0 radical (unpaired) electrons. The fourth-order valence-corrected chi connectivity index (χ4v) is 4.80. The van der Waals surface area contributed by atoms with E-state index < -0.39 is 10.8 Å². The van der Waals surface area contributed by atoms with Gasteiger partial charge in [-0.2, -0.15) is 5.26 Å². The number of Topliss-reactive ketones (excluding diaryl/α,β-unsaturated/α-hetero) is 1. The smallest absolute Gasteiger partial charge is 0.205 e. The van der Waals surface area contributed by atoms with Gasteiger partial charge in [0.05, 0.1) is 5.92 Å². The molecular formula is C21H22Cl2N2O2. The maximum atomic E-state index is 13.0. The van der Waals surface area contributed by atoms with Gasteiger partial charge in [0.1, 0.15) is 22.2 Å². The van der Waals surface area contributed by atoms with Crippen LogP contribution < -0.4 is 5.73 Å². The number of ketones is 1. The number of ether oxygens (including phenoxy) is 1. The van der Waals surface area contributed by atoms with E-state index in [9.17, 15) is 10.1 Å². The first-order chi connectivity index (χ1) is 12.6. The molecule has 4 nitrogen and oxygen atoms in total. The summed E-state index contributed by atoms with van der Waals surface area (Å²) < 4.78 is 5.73. The second kappa shape index (κ2) is 6.89. The Morgan fingerprint density at radius 1 is 1.30 bits per heavy atom. The van der Waals surface area contributed by atoms with Crippen LogP contribution in [0.3, 0.4) is 0 Å². The van der Waals surface area contributed by atoms with Crippen molar-refractivity contribution in [2.45, 2.75) is 51.3 Å². The van der Waals surface area contributed by atoms with Crippen molar-refractivity contribution in [3.63, 3.8) is 0 Å². The first-order valence-corrected chi connectivity index (χ1v) is 9.66. The average molecular weight is 405 g/mol. The second-order valence-corrected chi connectivity index (χ2v) is 9.11. The molecule has 3 rings (SSSR count). The van der Waals surface area contributed by atoms with Crippen LogP contribution in [-0.2, 0) is 9.53 Å². The maximum Gasteiger partial charge on any atom is 0.205 e. The Kier molecular flexibility index (Phi) is 5.05. The lowest BCUT2D eigenvalue weighted by Gasteiger charge is -2.37. The molecule has 1 aromatic carbocycles. The van der Waals surface area contributed by atoms with Gasteiger partial charge in [-0.1, -0.05) is 26.0 Å². The Bertz CT molecular complexity index is 936. The van der Waals surface area contributed by atoms with Crippen LogP contribution >= 0.6 is 23.2 Å². The molecule has 6 heteroatoms. The Labute approximate surface area is 169 Å². The van der Waals surface area contributed by atoms with Crippen LogP contribution in [0, 0.1) is 30.6 Å². The Morgan fingerprint density at radius 2 is 1.96 bits per heavy atom. The first kappa shape index (κ1) is 19.8. The summed E-state index contributed by atoms with van der Waals surface area (Å²) in [6.07, 6.45) is 0.991. The molecule has 0 fully saturated rings. The lowest BCUT2D eigenvalue weighted by molar-refractivity contribution is -0.119. The van der Waals surface area contributed by atoms with Crippen LogP contribution in [0.1, 0.15) is 59.7 Å². The molecular weight excluding hydrogens is 383 g/mol. The fourth-order valence-electron chi connectivity index (χ4n) is 4.13. The second-order valence-electron chi connectivity index (χ2n) is 8.01. The van der Waals surface area contributed by atoms with Gasteiger partial charge in [-0.3, -0.25) is 4.79 Å². The summed E-state index contributed by atoms with van der Waals surface area (Å²) in [6, 6.07) is 5.97. The van der Waals surface area contributed by atoms with Gasteiger partial charge < -0.3 is 10.5 Å². The predicted molar refractivity (Wildman–Crippen MR) is 106 cm³/mol. The molecule has 142 valence electrons. The SMILES string of the molecule is Cc1ccc([C@H]2C(C#N)=C(N)OC3=C2C(=O)CC(C)(C)C3)c(C)c1C(Cl)Cl. The molecule has 0 aromatic heterocycles. The highest BCUT2D eigenvalue weighted by Gasteiger charge is 2.43. The van der Waals surface area contributed by atoms with Crippen molar-refractivity contribution in [1.82, 2.24) is 0 Å². The van der Waals surface area contributed by atoms with Crippen LogP contribution in [0.15, 0.2) is 34.9 Å². The number of nitriles is 1. The van der Waals surface area contributed by atoms with Gasteiger partial charge in [0.15, 0.2) is 5.78 Å². The van der Waals surface area contributed by atoms with Crippen molar-refractivity contribution in [1.29, 1.82) is 5.26 Å². The molecule has 0 saturated heterocycles. The normalized spacial score (nSPS) is 21.9. The summed E-state index contributed by atoms with van der Waals surface area (Å²) in [6.45, 7) is 7.89. The van der Waals surface area contributed by atoms with Crippen molar-refractivity contribution < 1.29 is 9.53 Å². The van der Waals surface area contributed by atoms with Crippen molar-refractivity contribution >= 4 is 29.0 Å². The molecule has 0 amide bonds. The zero-order chi connectivity index (χ0) is 20.1. The van der Waals surface area contributed by atoms with E-state index in [4.69, 9.17) is 33.7 Å². The third-order valence-corrected chi connectivity index (χ3v) is 5.82. The molecule has 0 spiro atoms. The van der Waals surface area contributed by atoms with Crippen LogP contribution in [0.2, 0.25) is 0 Å². The topological polar surface area (TPSA) is 76.1 Å². The highest BCUT2D eigenvalue weighted by molar-refractivity contribution is 6.44. The number of aryl methyl sites for hydroxylation is 1. The maximum absolute atomic E-state index is 13.0. The van der Waals surface area contributed by atoms with E-state index in [2.05, 4.69) is 6.07 Å². The third kappa shape index (κ3) is 3.35. The summed E-state index contributed by atoms with van der Waals surface area (Å²) in [5.41, 5.74) is 10.1. The number of carbonyl (C=O) groups excluding carboxylic acids is 1. The van der Waals surface area contributed by atoms with Crippen LogP contribution in [-0.4, -0.2) is 5.78 Å². The molecule has 2 aliphatic rings. The first-order valence-electron chi connectivity index (χ1n) is 8.79. The van der Waals surface area contributed by atoms with Gasteiger partial charge in [0.2, 0.25) is 5.88 Å². The third-order valence-electron chi connectivity index (χ3n) is 5.38. The molecule has 1 aliphatic carbocycles. The van der Waals surface area contributed by atoms with Gasteiger partial charge >= 0.3 is 0 Å². The minimum absolute atomic E-state index is 0.0127. The molecule has 1 aromatic rings. The molecule has 1 aliphatic heterocycles. The number of nitrogens with zero attached hydrogens (tertiary/aromatic N) is 1. The summed E-state index contributed by atoms with van der Waals surface area (Å²) in [5, 5.41) is 9.74. The molecule has 2 N–H and O–H groups in total. The van der Waals surface area contributed by atoms with Crippen molar-refractivity contribution in [2.75, 3.05) is 0 Å². The number of hydrogen-bond acceptors (Lipinski definition) is 4. The summed E-state index contributed by atoms with van der Waals surface area (Å²) in [4.78, 5) is 12.3. The molecule has 0 unspecified atom stereocenters. The van der Waals surface area contributed by atoms with E-state index in [0.717, 1.165) is 22.3 Å². The zero-order valence-electron chi connectivity index (χ0n) is 15.8. The van der Waals surface area contributed by atoms with E-state index in [1.165, 1.54) is 0 Å². The quantitative estimate of drug-likeness (QED) is 0.684. The highest BCUT2D eigenvalue weighted by atomic mass is 35.5. The number of rotatable bonds is 2. The number of nitrogens with two attached hydrogens (primary N) is 1. The van der Waals surface area contributed by atoms with Crippen molar-refractivity contribution in [3.05, 3.63) is 57.2 Å². The van der Waals surface area contributed by atoms with Gasteiger partial charge in [-0.25, -0.2) is 0 Å². The number of benzene rings is 1. The fraction of sp³-hybridized carbons (Fsp3) is 0.429. The Hall–Kier alpha value is -1.96. The van der Waals surface area contributed by atoms with E-state index in [-0.39, 0.29) is 22.7 Å². The van der Waals surface area contributed by atoms with E-state index in [0.29, 0.717) is 24.2 Å². The number of halogens is 2. The minimum atomic E-state index is -0.703. The van der Waals surface area contributed by atoms with Crippen molar-refractivity contribution in [3.8, 4) is 6.07 Å². The summed E-state index contributed by atoms with van der Waals surface area (Å²) >= 11 is 12.4. The lowest BCUT2D eigenvalue weighted by atomic mass is 9.69. The van der Waals surface area contributed by atoms with Gasteiger partial charge in [-0.15, -0.1) is 23.2 Å². The van der Waals surface area contributed by atoms with Crippen LogP contribution in [0.25, 0.3) is 0 Å². The molecule has 1 heterocycles. The molecule has 27 heavy (non-hydrogen) atoms.